The molecular weight excluding hydrogens is 452 g/mol. The molecule has 2 amide bonds. The first kappa shape index (κ1) is 26.1. The normalized spacial score (nSPS) is 17.7. The number of fused-ring (bicyclic) bond motifs is 1. The minimum atomic E-state index is -0.630. The van der Waals surface area contributed by atoms with Gasteiger partial charge in [-0.3, -0.25) is 19.3 Å². The Morgan fingerprint density at radius 3 is 2.44 bits per heavy atom. The van der Waals surface area contributed by atoms with Crippen LogP contribution in [0.4, 0.5) is 0 Å². The minimum absolute atomic E-state index is 0.0743. The molecule has 7 heteroatoms. The van der Waals surface area contributed by atoms with Crippen molar-refractivity contribution < 1.29 is 14.4 Å². The molecule has 1 unspecified atom stereocenters. The van der Waals surface area contributed by atoms with Crippen LogP contribution in [-0.4, -0.2) is 46.6 Å². The second-order valence-electron chi connectivity index (χ2n) is 11.3. The van der Waals surface area contributed by atoms with E-state index >= 15 is 0 Å². The summed E-state index contributed by atoms with van der Waals surface area (Å²) in [6.45, 7) is 11.7. The van der Waals surface area contributed by atoms with E-state index in [0.717, 1.165) is 37.1 Å². The first-order valence-corrected chi connectivity index (χ1v) is 13.3. The van der Waals surface area contributed by atoms with Crippen LogP contribution in [-0.2, 0) is 24.3 Å². The molecule has 0 bridgehead atoms. The quantitative estimate of drug-likeness (QED) is 0.461. The number of likely N-dealkylation sites (tertiary alicyclic amines) is 1. The number of ketones is 1. The van der Waals surface area contributed by atoms with Crippen molar-refractivity contribution in [2.75, 3.05) is 13.1 Å². The molecule has 1 aliphatic heterocycles. The van der Waals surface area contributed by atoms with Gasteiger partial charge in [0.15, 0.2) is 5.78 Å². The van der Waals surface area contributed by atoms with Crippen molar-refractivity contribution >= 4 is 17.6 Å². The number of hydrogen-bond acceptors (Lipinski definition) is 4. The second kappa shape index (κ2) is 11.0. The van der Waals surface area contributed by atoms with Gasteiger partial charge >= 0.3 is 0 Å². The number of H-pyrrole nitrogens is 1. The van der Waals surface area contributed by atoms with Crippen molar-refractivity contribution in [2.24, 2.45) is 5.41 Å². The highest BCUT2D eigenvalue weighted by atomic mass is 16.2. The molecule has 1 fully saturated rings. The van der Waals surface area contributed by atoms with Crippen LogP contribution in [0, 0.1) is 12.3 Å². The molecule has 0 saturated carbocycles. The van der Waals surface area contributed by atoms with Gasteiger partial charge in [-0.25, -0.2) is 0 Å². The number of rotatable bonds is 10. The topological polar surface area (TPSA) is 94.3 Å². The number of aromatic amines is 1. The molecule has 2 heterocycles. The average molecular weight is 493 g/mol. The Hall–Kier alpha value is -2.93. The van der Waals surface area contributed by atoms with Crippen molar-refractivity contribution in [3.8, 4) is 0 Å². The molecule has 1 aromatic carbocycles. The average Bonchev–Trinajstić information content (AvgIpc) is 3.13. The van der Waals surface area contributed by atoms with Gasteiger partial charge in [0.2, 0.25) is 5.91 Å². The lowest BCUT2D eigenvalue weighted by Gasteiger charge is -2.30. The summed E-state index contributed by atoms with van der Waals surface area (Å²) in [5.74, 6) is -0.447. The lowest BCUT2D eigenvalue weighted by atomic mass is 9.75. The number of hydrogen-bond donors (Lipinski definition) is 3. The smallest absolute Gasteiger partial charge is 0.268 e. The third kappa shape index (κ3) is 6.06. The molecule has 0 radical (unpaired) electrons. The predicted molar refractivity (Wildman–Crippen MR) is 141 cm³/mol. The third-order valence-corrected chi connectivity index (χ3v) is 7.44. The van der Waals surface area contributed by atoms with E-state index in [2.05, 4.69) is 65.6 Å². The standard InChI is InChI=1S/C29H40N4O3/c1-5-6-8-22(27(35)30-17-20-9-11-21(12-10-20)18-33-13-7-14-33)32-28(36)26-19(2)25-23(31-26)15-29(3,4)16-24(25)34/h9-12,22,31H,5-8,13-18H2,1-4H3,(H,30,35)(H,32,36). The van der Waals surface area contributed by atoms with Gasteiger partial charge in [-0.15, -0.1) is 0 Å². The summed E-state index contributed by atoms with van der Waals surface area (Å²) in [6, 6.07) is 7.72. The summed E-state index contributed by atoms with van der Waals surface area (Å²) in [5, 5.41) is 5.93. The maximum atomic E-state index is 13.2. The Bertz CT molecular complexity index is 1110. The number of amides is 2. The fourth-order valence-electron chi connectivity index (χ4n) is 5.24. The van der Waals surface area contributed by atoms with Crippen LogP contribution in [0.25, 0.3) is 0 Å². The number of nitrogens with one attached hydrogen (secondary N) is 3. The van der Waals surface area contributed by atoms with E-state index in [1.165, 1.54) is 25.1 Å². The molecule has 4 rings (SSSR count). The number of benzene rings is 1. The summed E-state index contributed by atoms with van der Waals surface area (Å²) in [7, 11) is 0. The molecule has 1 aliphatic carbocycles. The summed E-state index contributed by atoms with van der Waals surface area (Å²) < 4.78 is 0. The van der Waals surface area contributed by atoms with Gasteiger partial charge in [-0.1, -0.05) is 57.9 Å². The number of Topliss-reactive ketones (excluding diaryl/α,β-unsaturated/α-hetero) is 1. The van der Waals surface area contributed by atoms with Crippen LogP contribution in [0.3, 0.4) is 0 Å². The van der Waals surface area contributed by atoms with E-state index in [-0.39, 0.29) is 23.0 Å². The summed E-state index contributed by atoms with van der Waals surface area (Å²) in [4.78, 5) is 44.6. The zero-order valence-electron chi connectivity index (χ0n) is 22.1. The zero-order chi connectivity index (χ0) is 25.9. The van der Waals surface area contributed by atoms with Gasteiger partial charge < -0.3 is 15.6 Å². The molecule has 0 spiro atoms. The zero-order valence-corrected chi connectivity index (χ0v) is 22.1. The van der Waals surface area contributed by atoms with Gasteiger partial charge in [0.25, 0.3) is 5.91 Å². The first-order valence-electron chi connectivity index (χ1n) is 13.3. The van der Waals surface area contributed by atoms with E-state index in [1.54, 1.807) is 0 Å². The van der Waals surface area contributed by atoms with Crippen LogP contribution >= 0.6 is 0 Å². The van der Waals surface area contributed by atoms with E-state index in [9.17, 15) is 14.4 Å². The molecule has 2 aliphatic rings. The van der Waals surface area contributed by atoms with Crippen molar-refractivity contribution in [1.82, 2.24) is 20.5 Å². The van der Waals surface area contributed by atoms with Crippen molar-refractivity contribution in [3.05, 3.63) is 57.9 Å². The van der Waals surface area contributed by atoms with Crippen LogP contribution in [0.1, 0.15) is 96.1 Å². The highest BCUT2D eigenvalue weighted by Gasteiger charge is 2.35. The number of unbranched alkanes of at least 4 members (excludes halogenated alkanes) is 1. The third-order valence-electron chi connectivity index (χ3n) is 7.44. The molecule has 1 aromatic heterocycles. The van der Waals surface area contributed by atoms with Crippen LogP contribution < -0.4 is 10.6 Å². The molecule has 2 aromatic rings. The summed E-state index contributed by atoms with van der Waals surface area (Å²) in [5.41, 5.74) is 4.71. The first-order chi connectivity index (χ1) is 17.2. The summed E-state index contributed by atoms with van der Waals surface area (Å²) in [6.07, 6.45) is 4.80. The minimum Gasteiger partial charge on any atom is -0.354 e. The Balaban J connectivity index is 1.39. The van der Waals surface area contributed by atoms with Crippen LogP contribution in [0.5, 0.6) is 0 Å². The lowest BCUT2D eigenvalue weighted by Crippen LogP contribution is -2.46. The maximum Gasteiger partial charge on any atom is 0.268 e. The molecule has 194 valence electrons. The molecule has 1 atom stereocenters. The predicted octanol–water partition coefficient (Wildman–Crippen LogP) is 4.29. The highest BCUT2D eigenvalue weighted by Crippen LogP contribution is 2.36. The molecule has 7 nitrogen and oxygen atoms in total. The fourth-order valence-corrected chi connectivity index (χ4v) is 5.24. The number of nitrogens with zero attached hydrogens (tertiary/aromatic N) is 1. The Labute approximate surface area is 214 Å². The molecule has 1 saturated heterocycles. The lowest BCUT2D eigenvalue weighted by molar-refractivity contribution is -0.123. The van der Waals surface area contributed by atoms with Crippen molar-refractivity contribution in [1.29, 1.82) is 0 Å². The van der Waals surface area contributed by atoms with Gasteiger partial charge in [-0.2, -0.15) is 0 Å². The second-order valence-corrected chi connectivity index (χ2v) is 11.3. The van der Waals surface area contributed by atoms with Crippen LogP contribution in [0.15, 0.2) is 24.3 Å². The fraction of sp³-hybridized carbons (Fsp3) is 0.552. The summed E-state index contributed by atoms with van der Waals surface area (Å²) >= 11 is 0. The largest absolute Gasteiger partial charge is 0.354 e. The Kier molecular flexibility index (Phi) is 7.98. The monoisotopic (exact) mass is 492 g/mol. The van der Waals surface area contributed by atoms with E-state index in [4.69, 9.17) is 0 Å². The Morgan fingerprint density at radius 2 is 1.81 bits per heavy atom. The van der Waals surface area contributed by atoms with Crippen LogP contribution in [0.2, 0.25) is 0 Å². The van der Waals surface area contributed by atoms with Crippen molar-refractivity contribution in [3.63, 3.8) is 0 Å². The number of carbonyl (C=O) groups excluding carboxylic acids is 3. The molecular formula is C29H40N4O3. The number of carbonyl (C=O) groups is 3. The van der Waals surface area contributed by atoms with E-state index in [1.807, 2.05) is 6.92 Å². The van der Waals surface area contributed by atoms with E-state index in [0.29, 0.717) is 36.2 Å². The van der Waals surface area contributed by atoms with Gasteiger partial charge in [0.05, 0.1) is 0 Å². The molecule has 36 heavy (non-hydrogen) atoms. The van der Waals surface area contributed by atoms with Crippen molar-refractivity contribution in [2.45, 2.75) is 85.4 Å². The van der Waals surface area contributed by atoms with E-state index < -0.39 is 6.04 Å². The van der Waals surface area contributed by atoms with Gasteiger partial charge in [-0.05, 0) is 61.4 Å². The van der Waals surface area contributed by atoms with Gasteiger partial charge in [0, 0.05) is 30.8 Å². The Morgan fingerprint density at radius 1 is 1.11 bits per heavy atom. The highest BCUT2D eigenvalue weighted by molar-refractivity contribution is 6.05. The SMILES string of the molecule is CCCCC(NC(=O)c1[nH]c2c(c1C)C(=O)CC(C)(C)C2)C(=O)NCc1ccc(CN2CCC2)cc1. The maximum absolute atomic E-state index is 13.2. The molecule has 3 N–H and O–H groups in total. The van der Waals surface area contributed by atoms with Gasteiger partial charge in [0.1, 0.15) is 11.7 Å². The number of aromatic nitrogens is 1.